The van der Waals surface area contributed by atoms with Crippen molar-refractivity contribution in [3.05, 3.63) is 52.6 Å². The fourth-order valence-corrected chi connectivity index (χ4v) is 2.65. The number of benzene rings is 1. The highest BCUT2D eigenvalue weighted by Gasteiger charge is 2.29. The van der Waals surface area contributed by atoms with Crippen molar-refractivity contribution >= 4 is 12.4 Å². The maximum atomic E-state index is 10.3. The number of carbonyl (C=O) groups excluding carboxylic acids is 1. The Kier molecular flexibility index (Phi) is 3.51. The van der Waals surface area contributed by atoms with Gasteiger partial charge in [0.1, 0.15) is 6.29 Å². The molecule has 0 saturated carbocycles. The third-order valence-electron chi connectivity index (χ3n) is 3.71. The number of carbonyl (C=O) groups is 1. The fraction of sp³-hybridized carbons (Fsp3) is 0.353. The first-order chi connectivity index (χ1) is 8.53. The third kappa shape index (κ3) is 2.61. The van der Waals surface area contributed by atoms with Crippen LogP contribution in [-0.4, -0.2) is 6.29 Å². The van der Waals surface area contributed by atoms with E-state index < -0.39 is 0 Å². The molecule has 0 radical (unpaired) electrons. The molecule has 0 aliphatic heterocycles. The third-order valence-corrected chi connectivity index (χ3v) is 3.71. The van der Waals surface area contributed by atoms with E-state index in [1.807, 2.05) is 13.0 Å². The van der Waals surface area contributed by atoms with E-state index in [1.165, 1.54) is 35.6 Å². The molecule has 1 aliphatic carbocycles. The molecule has 0 heterocycles. The van der Waals surface area contributed by atoms with Crippen LogP contribution in [0.5, 0.6) is 0 Å². The maximum absolute atomic E-state index is 10.3. The quantitative estimate of drug-likeness (QED) is 0.442. The number of hydrogen-bond donors (Lipinski definition) is 0. The molecule has 0 unspecified atom stereocenters. The number of allylic oxidation sites excluding steroid dienone is 3. The normalized spacial score (nSPS) is 18.1. The first kappa shape index (κ1) is 12.8. The zero-order chi connectivity index (χ0) is 13.2. The van der Waals surface area contributed by atoms with Crippen LogP contribution in [0, 0.1) is 0 Å². The molecule has 1 aromatic rings. The van der Waals surface area contributed by atoms with E-state index in [1.54, 1.807) is 0 Å². The SMILES string of the molecule is CC(C=CC=O)=Cc1ccc2c(c1)CCC2(C)C. The number of aryl methyl sites for hydroxylation is 1. The molecule has 1 heteroatoms. The summed E-state index contributed by atoms with van der Waals surface area (Å²) in [7, 11) is 0. The first-order valence-corrected chi connectivity index (χ1v) is 6.46. The molecule has 0 aromatic heterocycles. The lowest BCUT2D eigenvalue weighted by atomic mass is 9.86. The Hall–Kier alpha value is -1.63. The molecule has 0 N–H and O–H groups in total. The molecule has 1 aliphatic rings. The van der Waals surface area contributed by atoms with Crippen molar-refractivity contribution in [2.24, 2.45) is 0 Å². The molecule has 0 atom stereocenters. The van der Waals surface area contributed by atoms with Crippen molar-refractivity contribution in [3.63, 3.8) is 0 Å². The van der Waals surface area contributed by atoms with E-state index in [4.69, 9.17) is 0 Å². The van der Waals surface area contributed by atoms with Crippen LogP contribution in [0.15, 0.2) is 35.9 Å². The zero-order valence-corrected chi connectivity index (χ0v) is 11.4. The standard InChI is InChI=1S/C17H20O/c1-13(5-4-10-18)11-14-6-7-16-15(12-14)8-9-17(16,2)3/h4-7,10-12H,8-9H2,1-3H3. The summed E-state index contributed by atoms with van der Waals surface area (Å²) in [6.07, 6.45) is 8.70. The van der Waals surface area contributed by atoms with Gasteiger partial charge in [0.2, 0.25) is 0 Å². The highest BCUT2D eigenvalue weighted by atomic mass is 16.1. The summed E-state index contributed by atoms with van der Waals surface area (Å²) in [6, 6.07) is 6.71. The Labute approximate surface area is 109 Å². The molecule has 2 rings (SSSR count). The van der Waals surface area contributed by atoms with E-state index >= 15 is 0 Å². The van der Waals surface area contributed by atoms with Crippen LogP contribution in [0.1, 0.15) is 43.9 Å². The molecule has 0 saturated heterocycles. The van der Waals surface area contributed by atoms with Gasteiger partial charge in [0, 0.05) is 0 Å². The number of fused-ring (bicyclic) bond motifs is 1. The van der Waals surface area contributed by atoms with Crippen LogP contribution < -0.4 is 0 Å². The Morgan fingerprint density at radius 3 is 2.83 bits per heavy atom. The molecule has 0 amide bonds. The lowest BCUT2D eigenvalue weighted by Crippen LogP contribution is -2.11. The summed E-state index contributed by atoms with van der Waals surface area (Å²) < 4.78 is 0. The second-order valence-corrected chi connectivity index (χ2v) is 5.68. The topological polar surface area (TPSA) is 17.1 Å². The van der Waals surface area contributed by atoms with E-state index in [2.05, 4.69) is 38.1 Å². The Morgan fingerprint density at radius 2 is 2.11 bits per heavy atom. The zero-order valence-electron chi connectivity index (χ0n) is 11.4. The molecule has 0 fully saturated rings. The highest BCUT2D eigenvalue weighted by molar-refractivity contribution is 5.67. The van der Waals surface area contributed by atoms with Gasteiger partial charge in [-0.15, -0.1) is 0 Å². The number of hydrogen-bond acceptors (Lipinski definition) is 1. The molecule has 94 valence electrons. The van der Waals surface area contributed by atoms with Crippen LogP contribution in [0.4, 0.5) is 0 Å². The van der Waals surface area contributed by atoms with Gasteiger partial charge in [0.15, 0.2) is 0 Å². The van der Waals surface area contributed by atoms with Gasteiger partial charge in [-0.2, -0.15) is 0 Å². The summed E-state index contributed by atoms with van der Waals surface area (Å²) in [5, 5.41) is 0. The lowest BCUT2D eigenvalue weighted by molar-refractivity contribution is -0.104. The summed E-state index contributed by atoms with van der Waals surface area (Å²) in [5.41, 5.74) is 5.60. The fourth-order valence-electron chi connectivity index (χ4n) is 2.65. The summed E-state index contributed by atoms with van der Waals surface area (Å²) in [4.78, 5) is 10.3. The van der Waals surface area contributed by atoms with Crippen molar-refractivity contribution in [1.82, 2.24) is 0 Å². The second kappa shape index (κ2) is 4.93. The van der Waals surface area contributed by atoms with Gasteiger partial charge in [0.05, 0.1) is 0 Å². The molecule has 0 spiro atoms. The Balaban J connectivity index is 2.29. The smallest absolute Gasteiger partial charge is 0.142 e. The van der Waals surface area contributed by atoms with Gasteiger partial charge in [-0.1, -0.05) is 49.8 Å². The largest absolute Gasteiger partial charge is 0.299 e. The lowest BCUT2D eigenvalue weighted by Gasteiger charge is -2.18. The van der Waals surface area contributed by atoms with E-state index in [9.17, 15) is 4.79 Å². The van der Waals surface area contributed by atoms with E-state index in [0.717, 1.165) is 11.9 Å². The maximum Gasteiger partial charge on any atom is 0.142 e. The van der Waals surface area contributed by atoms with Crippen LogP contribution in [0.3, 0.4) is 0 Å². The minimum atomic E-state index is 0.323. The summed E-state index contributed by atoms with van der Waals surface area (Å²) in [6.45, 7) is 6.63. The van der Waals surface area contributed by atoms with Gasteiger partial charge in [-0.3, -0.25) is 4.79 Å². The minimum Gasteiger partial charge on any atom is -0.299 e. The first-order valence-electron chi connectivity index (χ1n) is 6.46. The van der Waals surface area contributed by atoms with E-state index in [-0.39, 0.29) is 0 Å². The Morgan fingerprint density at radius 1 is 1.33 bits per heavy atom. The van der Waals surface area contributed by atoms with Gasteiger partial charge >= 0.3 is 0 Å². The average molecular weight is 240 g/mol. The molecule has 1 nitrogen and oxygen atoms in total. The van der Waals surface area contributed by atoms with Crippen LogP contribution in [-0.2, 0) is 16.6 Å². The average Bonchev–Trinajstić information content (AvgIpc) is 2.62. The number of aldehydes is 1. The second-order valence-electron chi connectivity index (χ2n) is 5.68. The van der Waals surface area contributed by atoms with Crippen LogP contribution >= 0.6 is 0 Å². The molecular formula is C17H20O. The van der Waals surface area contributed by atoms with Crippen molar-refractivity contribution in [2.75, 3.05) is 0 Å². The van der Waals surface area contributed by atoms with Gasteiger partial charge in [-0.05, 0) is 47.9 Å². The van der Waals surface area contributed by atoms with Crippen molar-refractivity contribution in [3.8, 4) is 0 Å². The summed E-state index contributed by atoms with van der Waals surface area (Å²) >= 11 is 0. The molecule has 18 heavy (non-hydrogen) atoms. The predicted octanol–water partition coefficient (Wildman–Crippen LogP) is 4.07. The predicted molar refractivity (Wildman–Crippen MR) is 76.6 cm³/mol. The minimum absolute atomic E-state index is 0.323. The van der Waals surface area contributed by atoms with Crippen molar-refractivity contribution in [1.29, 1.82) is 0 Å². The van der Waals surface area contributed by atoms with Crippen LogP contribution in [0.2, 0.25) is 0 Å². The number of rotatable bonds is 3. The van der Waals surface area contributed by atoms with Gasteiger partial charge < -0.3 is 0 Å². The monoisotopic (exact) mass is 240 g/mol. The van der Waals surface area contributed by atoms with Crippen LogP contribution in [0.25, 0.3) is 6.08 Å². The van der Waals surface area contributed by atoms with Crippen molar-refractivity contribution < 1.29 is 4.79 Å². The summed E-state index contributed by atoms with van der Waals surface area (Å²) in [5.74, 6) is 0. The van der Waals surface area contributed by atoms with Gasteiger partial charge in [0.25, 0.3) is 0 Å². The Bertz CT molecular complexity index is 518. The molecular weight excluding hydrogens is 220 g/mol. The van der Waals surface area contributed by atoms with Gasteiger partial charge in [-0.25, -0.2) is 0 Å². The molecule has 0 bridgehead atoms. The van der Waals surface area contributed by atoms with E-state index in [0.29, 0.717) is 5.41 Å². The molecule has 1 aromatic carbocycles. The highest BCUT2D eigenvalue weighted by Crippen LogP contribution is 2.38. The van der Waals surface area contributed by atoms with Crippen molar-refractivity contribution in [2.45, 2.75) is 39.0 Å².